The molecule has 0 saturated carbocycles. The van der Waals surface area contributed by atoms with Crippen molar-refractivity contribution in [3.05, 3.63) is 0 Å². The van der Waals surface area contributed by atoms with Crippen molar-refractivity contribution >= 4 is 10.0 Å². The first-order valence-electron chi connectivity index (χ1n) is 4.83. The molecule has 14 heavy (non-hydrogen) atoms. The van der Waals surface area contributed by atoms with Crippen molar-refractivity contribution in [2.75, 3.05) is 19.3 Å². The van der Waals surface area contributed by atoms with Gasteiger partial charge in [0.05, 0.1) is 5.75 Å². The van der Waals surface area contributed by atoms with Crippen LogP contribution < -0.4 is 10.0 Å². The summed E-state index contributed by atoms with van der Waals surface area (Å²) in [4.78, 5) is 0. The van der Waals surface area contributed by atoms with Gasteiger partial charge in [0.25, 0.3) is 0 Å². The minimum Gasteiger partial charge on any atom is -0.319 e. The van der Waals surface area contributed by atoms with Gasteiger partial charge in [-0.25, -0.2) is 13.1 Å². The van der Waals surface area contributed by atoms with Gasteiger partial charge < -0.3 is 5.32 Å². The van der Waals surface area contributed by atoms with Crippen molar-refractivity contribution in [2.45, 2.75) is 33.7 Å². The molecule has 4 nitrogen and oxygen atoms in total. The highest BCUT2D eigenvalue weighted by Gasteiger charge is 2.24. The Kier molecular flexibility index (Phi) is 5.05. The van der Waals surface area contributed by atoms with Gasteiger partial charge in [0.1, 0.15) is 0 Å². The fraction of sp³-hybridized carbons (Fsp3) is 1.00. The fourth-order valence-corrected chi connectivity index (χ4v) is 2.22. The molecule has 0 bridgehead atoms. The molecule has 1 atom stereocenters. The third-order valence-corrected chi connectivity index (χ3v) is 3.73. The van der Waals surface area contributed by atoms with E-state index < -0.39 is 10.0 Å². The molecule has 0 aliphatic rings. The largest absolute Gasteiger partial charge is 0.319 e. The Hall–Kier alpha value is -0.130. The molecule has 0 aliphatic carbocycles. The number of sulfonamides is 1. The first-order chi connectivity index (χ1) is 6.19. The van der Waals surface area contributed by atoms with E-state index in [-0.39, 0.29) is 17.2 Å². The SMILES string of the molecule is CNCCS(=O)(=O)NC(C)C(C)(C)C. The normalized spacial score (nSPS) is 15.5. The minimum absolute atomic E-state index is 0.0489. The van der Waals surface area contributed by atoms with Gasteiger partial charge in [-0.15, -0.1) is 0 Å². The molecule has 0 fully saturated rings. The summed E-state index contributed by atoms with van der Waals surface area (Å²) < 4.78 is 25.7. The Balaban J connectivity index is 4.23. The maximum Gasteiger partial charge on any atom is 0.213 e. The van der Waals surface area contributed by atoms with Crippen LogP contribution in [-0.2, 0) is 10.0 Å². The van der Waals surface area contributed by atoms with E-state index in [1.165, 1.54) is 0 Å². The quantitative estimate of drug-likeness (QED) is 0.714. The van der Waals surface area contributed by atoms with Crippen LogP contribution in [0.4, 0.5) is 0 Å². The predicted octanol–water partition coefficient (Wildman–Crippen LogP) is 0.560. The van der Waals surface area contributed by atoms with E-state index in [1.54, 1.807) is 7.05 Å². The molecule has 1 unspecified atom stereocenters. The van der Waals surface area contributed by atoms with Crippen molar-refractivity contribution in [2.24, 2.45) is 5.41 Å². The second-order valence-corrected chi connectivity index (χ2v) is 6.50. The topological polar surface area (TPSA) is 58.2 Å². The number of nitrogens with one attached hydrogen (secondary N) is 2. The van der Waals surface area contributed by atoms with Crippen molar-refractivity contribution in [3.63, 3.8) is 0 Å². The highest BCUT2D eigenvalue weighted by molar-refractivity contribution is 7.89. The molecule has 0 aliphatic heterocycles. The van der Waals surface area contributed by atoms with Gasteiger partial charge in [0.2, 0.25) is 10.0 Å². The third-order valence-electron chi connectivity index (χ3n) is 2.28. The van der Waals surface area contributed by atoms with Crippen LogP contribution in [0.15, 0.2) is 0 Å². The van der Waals surface area contributed by atoms with Crippen LogP contribution in [0.2, 0.25) is 0 Å². The Morgan fingerprint density at radius 1 is 1.29 bits per heavy atom. The van der Waals surface area contributed by atoms with E-state index in [0.717, 1.165) is 0 Å². The molecule has 0 aromatic heterocycles. The Bertz CT molecular complexity index is 254. The van der Waals surface area contributed by atoms with Crippen molar-refractivity contribution in [3.8, 4) is 0 Å². The second-order valence-electron chi connectivity index (χ2n) is 4.63. The summed E-state index contributed by atoms with van der Waals surface area (Å²) in [6.07, 6.45) is 0. The van der Waals surface area contributed by atoms with Gasteiger partial charge in [-0.3, -0.25) is 0 Å². The molecule has 0 heterocycles. The molecule has 0 spiro atoms. The second kappa shape index (κ2) is 5.09. The van der Waals surface area contributed by atoms with Crippen LogP contribution in [0.1, 0.15) is 27.7 Å². The van der Waals surface area contributed by atoms with Gasteiger partial charge in [0, 0.05) is 12.6 Å². The van der Waals surface area contributed by atoms with Crippen LogP contribution in [-0.4, -0.2) is 33.8 Å². The van der Waals surface area contributed by atoms with E-state index in [4.69, 9.17) is 0 Å². The van der Waals surface area contributed by atoms with Crippen molar-refractivity contribution in [1.29, 1.82) is 0 Å². The summed E-state index contributed by atoms with van der Waals surface area (Å²) in [6.45, 7) is 8.40. The van der Waals surface area contributed by atoms with Crippen LogP contribution in [0.25, 0.3) is 0 Å². The van der Waals surface area contributed by atoms with E-state index in [9.17, 15) is 8.42 Å². The molecule has 0 saturated heterocycles. The zero-order chi connectivity index (χ0) is 11.4. The summed E-state index contributed by atoms with van der Waals surface area (Å²) in [5, 5.41) is 2.82. The monoisotopic (exact) mass is 222 g/mol. The standard InChI is InChI=1S/C9H22N2O2S/c1-8(9(2,3)4)11-14(12,13)7-6-10-5/h8,10-11H,6-7H2,1-5H3. The zero-order valence-corrected chi connectivity index (χ0v) is 10.5. The van der Waals surface area contributed by atoms with Crippen LogP contribution >= 0.6 is 0 Å². The number of hydrogen-bond acceptors (Lipinski definition) is 3. The number of rotatable bonds is 5. The predicted molar refractivity (Wildman–Crippen MR) is 59.8 cm³/mol. The summed E-state index contributed by atoms with van der Waals surface area (Å²) in [7, 11) is -1.40. The lowest BCUT2D eigenvalue weighted by Crippen LogP contribution is -2.43. The Labute approximate surface area is 87.5 Å². The van der Waals surface area contributed by atoms with Crippen LogP contribution in [0, 0.1) is 5.41 Å². The summed E-state index contributed by atoms with van der Waals surface area (Å²) in [5.74, 6) is 0.129. The minimum atomic E-state index is -3.14. The van der Waals surface area contributed by atoms with Crippen molar-refractivity contribution < 1.29 is 8.42 Å². The molecule has 0 aromatic rings. The lowest BCUT2D eigenvalue weighted by atomic mass is 9.89. The maximum atomic E-state index is 11.5. The molecule has 5 heteroatoms. The van der Waals surface area contributed by atoms with E-state index >= 15 is 0 Å². The van der Waals surface area contributed by atoms with Gasteiger partial charge in [0.15, 0.2) is 0 Å². The molecule has 0 radical (unpaired) electrons. The molecular formula is C9H22N2O2S. The first-order valence-corrected chi connectivity index (χ1v) is 6.49. The zero-order valence-electron chi connectivity index (χ0n) is 9.72. The molecule has 0 aromatic carbocycles. The van der Waals surface area contributed by atoms with Crippen LogP contribution in [0.5, 0.6) is 0 Å². The lowest BCUT2D eigenvalue weighted by Gasteiger charge is -2.27. The molecule has 86 valence electrons. The van der Waals surface area contributed by atoms with Crippen LogP contribution in [0.3, 0.4) is 0 Å². The molecule has 2 N–H and O–H groups in total. The van der Waals surface area contributed by atoms with E-state index in [1.807, 2.05) is 27.7 Å². The Morgan fingerprint density at radius 2 is 1.79 bits per heavy atom. The van der Waals surface area contributed by atoms with E-state index in [2.05, 4.69) is 10.0 Å². The lowest BCUT2D eigenvalue weighted by molar-refractivity contribution is 0.317. The third kappa shape index (κ3) is 5.57. The summed E-state index contributed by atoms with van der Waals surface area (Å²) >= 11 is 0. The molecule has 0 rings (SSSR count). The Morgan fingerprint density at radius 3 is 2.14 bits per heavy atom. The highest BCUT2D eigenvalue weighted by Crippen LogP contribution is 2.18. The summed E-state index contributed by atoms with van der Waals surface area (Å²) in [6, 6.07) is -0.0515. The average Bonchev–Trinajstić information content (AvgIpc) is 1.98. The molecule has 0 amide bonds. The van der Waals surface area contributed by atoms with Gasteiger partial charge in [-0.2, -0.15) is 0 Å². The highest BCUT2D eigenvalue weighted by atomic mass is 32.2. The van der Waals surface area contributed by atoms with Gasteiger partial charge >= 0.3 is 0 Å². The summed E-state index contributed by atoms with van der Waals surface area (Å²) in [5.41, 5.74) is -0.0489. The van der Waals surface area contributed by atoms with Gasteiger partial charge in [-0.1, -0.05) is 20.8 Å². The number of hydrogen-bond donors (Lipinski definition) is 2. The van der Waals surface area contributed by atoms with Crippen molar-refractivity contribution in [1.82, 2.24) is 10.0 Å². The first kappa shape index (κ1) is 13.9. The van der Waals surface area contributed by atoms with Gasteiger partial charge in [-0.05, 0) is 19.4 Å². The average molecular weight is 222 g/mol. The smallest absolute Gasteiger partial charge is 0.213 e. The maximum absolute atomic E-state index is 11.5. The van der Waals surface area contributed by atoms with E-state index in [0.29, 0.717) is 6.54 Å². The molecular weight excluding hydrogens is 200 g/mol. The fourth-order valence-electron chi connectivity index (χ4n) is 0.741.